The van der Waals surface area contributed by atoms with Gasteiger partial charge < -0.3 is 33.1 Å². The Morgan fingerprint density at radius 1 is 0.277 bits per heavy atom. The van der Waals surface area contributed by atoms with Crippen LogP contribution in [0, 0.1) is 55.4 Å². The number of imidazole rings is 6. The van der Waals surface area contributed by atoms with E-state index in [-0.39, 0.29) is 0 Å². The number of fused-ring (bicyclic) bond motifs is 6. The summed E-state index contributed by atoms with van der Waals surface area (Å²) in [4.78, 5) is 93.3. The van der Waals surface area contributed by atoms with Crippen LogP contribution in [0.25, 0.3) is 99.9 Å². The Hall–Kier alpha value is -16.8. The fourth-order valence-electron chi connectivity index (χ4n) is 17.1. The van der Waals surface area contributed by atoms with Gasteiger partial charge in [-0.3, -0.25) is 39.7 Å². The highest BCUT2D eigenvalue weighted by Gasteiger charge is 2.19. The molecule has 0 atom stereocenters. The molecule has 2 N–H and O–H groups in total. The van der Waals surface area contributed by atoms with Gasteiger partial charge in [-0.1, -0.05) is 164 Å². The first-order valence-corrected chi connectivity index (χ1v) is 47.6. The fraction of sp³-hybridized carbons (Fsp3) is 0.226. The number of pyridine rings is 4. The van der Waals surface area contributed by atoms with E-state index in [4.69, 9.17) is 40.6 Å². The number of amides is 1. The van der Waals surface area contributed by atoms with Gasteiger partial charge in [-0.25, -0.2) is 54.8 Å². The number of aromatic nitrogens is 24. The molecule has 21 aromatic rings. The van der Waals surface area contributed by atoms with Crippen LogP contribution in [0.15, 0.2) is 299 Å². The van der Waals surface area contributed by atoms with Gasteiger partial charge in [-0.05, 0) is 165 Å². The Morgan fingerprint density at radius 2 is 0.681 bits per heavy atom. The molecule has 0 radical (unpaired) electrons. The maximum atomic E-state index is 11.2. The average Bonchev–Trinajstić information content (AvgIpc) is 1.63. The highest BCUT2D eigenvalue weighted by molar-refractivity contribution is 6.05. The summed E-state index contributed by atoms with van der Waals surface area (Å²) < 4.78 is 12.7. The monoisotopic (exact) mass is 1860 g/mol. The van der Waals surface area contributed by atoms with Crippen LogP contribution in [0.1, 0.15) is 125 Å². The molecule has 0 aliphatic rings. The third-order valence-electron chi connectivity index (χ3n) is 24.7. The molecule has 0 unspecified atom stereocenters. The molecule has 0 fully saturated rings. The Kier molecular flexibility index (Phi) is 31.7. The Bertz CT molecular complexity index is 7620. The van der Waals surface area contributed by atoms with E-state index < -0.39 is 5.91 Å². The molecule has 0 aliphatic carbocycles. The van der Waals surface area contributed by atoms with E-state index in [9.17, 15) is 4.79 Å². The number of aryl methyl sites for hydroxylation is 26. The molecule has 0 saturated carbocycles. The van der Waals surface area contributed by atoms with E-state index in [0.29, 0.717) is 12.1 Å². The third kappa shape index (κ3) is 25.4. The minimum atomic E-state index is -0.504. The van der Waals surface area contributed by atoms with E-state index in [0.717, 1.165) is 253 Å². The molecule has 141 heavy (non-hydrogen) atoms. The predicted molar refractivity (Wildman–Crippen MR) is 560 cm³/mol. The molecule has 14 heterocycles. The van der Waals surface area contributed by atoms with E-state index in [2.05, 4.69) is 220 Å². The quantitative estimate of drug-likeness (QED) is 0.0587. The van der Waals surface area contributed by atoms with Crippen LogP contribution in [0.4, 0.5) is 0 Å². The molecular weight excluding hydrogens is 1750 g/mol. The van der Waals surface area contributed by atoms with Crippen LogP contribution in [-0.4, -0.2) is 123 Å². The maximum absolute atomic E-state index is 11.2. The first-order chi connectivity index (χ1) is 68.4. The molecule has 0 saturated heterocycles. The molecule has 0 spiro atoms. The second-order valence-electron chi connectivity index (χ2n) is 35.3. The van der Waals surface area contributed by atoms with Crippen molar-refractivity contribution in [3.63, 3.8) is 0 Å². The van der Waals surface area contributed by atoms with Crippen molar-refractivity contribution in [2.24, 2.45) is 48.0 Å². The highest BCUT2D eigenvalue weighted by atomic mass is 16.1. The van der Waals surface area contributed by atoms with Crippen LogP contribution in [0.2, 0.25) is 0 Å². The summed E-state index contributed by atoms with van der Waals surface area (Å²) in [5.74, 6) is 7.59. The maximum Gasteiger partial charge on any atom is 0.267 e. The number of rotatable bonds is 24. The molecule has 26 heteroatoms. The second-order valence-corrected chi connectivity index (χ2v) is 35.3. The molecule has 1 amide bonds. The van der Waals surface area contributed by atoms with Crippen molar-refractivity contribution in [1.29, 1.82) is 0 Å². The minimum Gasteiger partial charge on any atom is -0.364 e. The van der Waals surface area contributed by atoms with Gasteiger partial charge in [-0.2, -0.15) is 0 Å². The topological polar surface area (TPSA) is 305 Å². The SMILES string of the molecule is Cc1cc(C)nc(CCc2nc3c4ccccc4ccc3n2C)n1.Cc1cc(C)nc(CCc2nc3c4ccccc4ccc3n2C)n1.Cc1cnc(C)c(CCc2nc(-c3ccccc3)cn2C)n1.Cc1ncc(CCc2nc(-c3cccnc3)cn2C)nc1C.Cn1cc(-c2ccccc2)nc1CCc1cccc(-c2ccncc2)n1.Cn1cc(-c2ccccc2)nc1CCc1cccc(C(N)=O)n1. The summed E-state index contributed by atoms with van der Waals surface area (Å²) in [7, 11) is 12.3. The molecule has 7 aromatic carbocycles. The average molecular weight is 1870 g/mol. The van der Waals surface area contributed by atoms with Gasteiger partial charge in [-0.15, -0.1) is 0 Å². The largest absolute Gasteiger partial charge is 0.364 e. The number of carbonyl (C=O) groups excluding carboxylic acids is 1. The van der Waals surface area contributed by atoms with E-state index in [1.54, 1.807) is 30.7 Å². The smallest absolute Gasteiger partial charge is 0.267 e. The van der Waals surface area contributed by atoms with Crippen LogP contribution >= 0.6 is 0 Å². The van der Waals surface area contributed by atoms with Crippen molar-refractivity contribution in [2.75, 3.05) is 0 Å². The number of hydrogen-bond donors (Lipinski definition) is 1. The summed E-state index contributed by atoms with van der Waals surface area (Å²) in [6, 6.07) is 79.5. The zero-order chi connectivity index (χ0) is 98.4. The van der Waals surface area contributed by atoms with Crippen molar-refractivity contribution < 1.29 is 4.79 Å². The minimum absolute atomic E-state index is 0.298. The molecule has 21 rings (SSSR count). The number of benzene rings is 7. The highest BCUT2D eigenvalue weighted by Crippen LogP contribution is 2.30. The fourth-order valence-corrected chi connectivity index (χ4v) is 17.1. The summed E-state index contributed by atoms with van der Waals surface area (Å²) >= 11 is 0. The van der Waals surface area contributed by atoms with Crippen molar-refractivity contribution in [1.82, 2.24) is 117 Å². The van der Waals surface area contributed by atoms with Gasteiger partial charge in [0, 0.05) is 228 Å². The number of carbonyl (C=O) groups is 1. The lowest BCUT2D eigenvalue weighted by Gasteiger charge is -2.05. The van der Waals surface area contributed by atoms with E-state index >= 15 is 0 Å². The zero-order valence-electron chi connectivity index (χ0n) is 82.5. The molecule has 0 bridgehead atoms. The van der Waals surface area contributed by atoms with Gasteiger partial charge in [0.2, 0.25) is 0 Å². The Morgan fingerprint density at radius 3 is 1.13 bits per heavy atom. The van der Waals surface area contributed by atoms with Gasteiger partial charge in [0.25, 0.3) is 5.91 Å². The molecule has 708 valence electrons. The number of nitrogens with zero attached hydrogens (tertiary/aromatic N) is 24. The van der Waals surface area contributed by atoms with Crippen LogP contribution in [0.3, 0.4) is 0 Å². The molecule has 26 nitrogen and oxygen atoms in total. The van der Waals surface area contributed by atoms with Crippen molar-refractivity contribution in [3.05, 3.63) is 419 Å². The lowest BCUT2D eigenvalue weighted by molar-refractivity contribution is 0.0995. The van der Waals surface area contributed by atoms with Crippen LogP contribution in [0.5, 0.6) is 0 Å². The Balaban J connectivity index is 0.000000122. The zero-order valence-corrected chi connectivity index (χ0v) is 82.5. The summed E-state index contributed by atoms with van der Waals surface area (Å²) in [5, 5.41) is 4.87. The van der Waals surface area contributed by atoms with Gasteiger partial charge >= 0.3 is 0 Å². The third-order valence-corrected chi connectivity index (χ3v) is 24.7. The number of hydrogen-bond acceptors (Lipinski definition) is 19. The number of primary amides is 1. The van der Waals surface area contributed by atoms with Crippen molar-refractivity contribution in [3.8, 4) is 56.3 Å². The molecule has 0 aliphatic heterocycles. The lowest BCUT2D eigenvalue weighted by atomic mass is 10.1. The predicted octanol–water partition coefficient (Wildman–Crippen LogP) is 20.5. The van der Waals surface area contributed by atoms with E-state index in [1.165, 1.54) is 32.6 Å². The standard InChI is InChI=1S/C22H20N4.2C20H20N4.C18H18N4O.C18H20N4.C17H19N5/c1-26-16-21(17-6-3-2-4-7-17)25-22(26)11-10-19-8-5-9-20(24-19)18-12-14-23-15-13-18;2*1-13-12-14(2)22-18(21-13)10-11-19-23-20-16-7-5-4-6-15(16)8-9-17(20)24(19)3;1-22-12-16(13-6-3-2-4-7-13)21-17(22)11-10-14-8-5-9-15(20-14)18(19)23;1-13-11-19-14(2)16(20-13)9-10-18-21-17(12-22(18)3)15-7-5-4-6-8-15;1-12-13(2)20-15(10-19-12)6-7-17-21-16(11-22(17)3)14-5-4-8-18-9-14/h2-9,12-16H,10-11H2,1H3;2*4-9,12H,10-11H2,1-3H3;2-9,12H,10-11H2,1H3,(H2,19,23);4-8,11-12H,9-10H2,1-3H3;4-5,8-11H,6-7H2,1-3H3. The second kappa shape index (κ2) is 45.9. The van der Waals surface area contributed by atoms with Crippen LogP contribution < -0.4 is 5.73 Å². The van der Waals surface area contributed by atoms with Gasteiger partial charge in [0.05, 0.1) is 84.7 Å². The van der Waals surface area contributed by atoms with E-state index in [1.807, 2.05) is 227 Å². The van der Waals surface area contributed by atoms with Crippen molar-refractivity contribution in [2.45, 2.75) is 132 Å². The lowest BCUT2D eigenvalue weighted by Crippen LogP contribution is -2.14. The molecular formula is C115H117N25O. The van der Waals surface area contributed by atoms with Gasteiger partial charge in [0.15, 0.2) is 0 Å². The molecule has 14 aromatic heterocycles. The van der Waals surface area contributed by atoms with Crippen LogP contribution in [-0.2, 0) is 119 Å². The van der Waals surface area contributed by atoms with Gasteiger partial charge in [0.1, 0.15) is 52.3 Å². The first kappa shape index (κ1) is 97.3. The summed E-state index contributed by atoms with van der Waals surface area (Å²) in [6.45, 7) is 16.0. The first-order valence-electron chi connectivity index (χ1n) is 47.6. The van der Waals surface area contributed by atoms with Crippen molar-refractivity contribution >= 4 is 49.5 Å². The summed E-state index contributed by atoms with van der Waals surface area (Å²) in [6.07, 6.45) is 29.0. The number of nitrogens with two attached hydrogens (primary N) is 1. The summed E-state index contributed by atoms with van der Waals surface area (Å²) in [5.41, 5.74) is 32.5. The Labute approximate surface area is 822 Å². The normalized spacial score (nSPS) is 11.0.